The van der Waals surface area contributed by atoms with E-state index in [2.05, 4.69) is 29.1 Å². The Bertz CT molecular complexity index is 201. The molecule has 2 aliphatic heterocycles. The Hall–Kier alpha value is -0.120. The maximum atomic E-state index is 3.50. The molecule has 16 heavy (non-hydrogen) atoms. The largest absolute Gasteiger partial charge is 0.315 e. The Morgan fingerprint density at radius 2 is 2.06 bits per heavy atom. The van der Waals surface area contributed by atoms with E-state index in [1.165, 1.54) is 58.4 Å². The van der Waals surface area contributed by atoms with E-state index in [1.54, 1.807) is 0 Å². The standard InChI is InChI=1S/C13H27N3/c1-3-16(13-6-8-14-11-13)12-5-4-9-15(2)10-7-12/h12-14H,3-11H2,1-2H3. The number of hydrogen-bond donors (Lipinski definition) is 1. The summed E-state index contributed by atoms with van der Waals surface area (Å²) in [6, 6.07) is 1.64. The van der Waals surface area contributed by atoms with E-state index in [1.807, 2.05) is 0 Å². The lowest BCUT2D eigenvalue weighted by atomic mass is 10.0. The van der Waals surface area contributed by atoms with Crippen LogP contribution in [0.25, 0.3) is 0 Å². The zero-order valence-electron chi connectivity index (χ0n) is 10.9. The Kier molecular flexibility index (Phi) is 4.62. The third-order valence-corrected chi connectivity index (χ3v) is 4.26. The Balaban J connectivity index is 1.91. The van der Waals surface area contributed by atoms with Crippen molar-refractivity contribution in [3.8, 4) is 0 Å². The molecule has 0 aliphatic carbocycles. The van der Waals surface area contributed by atoms with Gasteiger partial charge in [0.25, 0.3) is 0 Å². The highest BCUT2D eigenvalue weighted by molar-refractivity contribution is 4.86. The van der Waals surface area contributed by atoms with E-state index in [0.29, 0.717) is 0 Å². The Labute approximate surface area is 100 Å². The highest BCUT2D eigenvalue weighted by Crippen LogP contribution is 2.20. The zero-order chi connectivity index (χ0) is 11.4. The molecule has 94 valence electrons. The van der Waals surface area contributed by atoms with Crippen LogP contribution in [0.15, 0.2) is 0 Å². The normalized spacial score (nSPS) is 33.2. The van der Waals surface area contributed by atoms with Crippen molar-refractivity contribution < 1.29 is 0 Å². The molecule has 3 nitrogen and oxygen atoms in total. The first-order valence-electron chi connectivity index (χ1n) is 6.96. The topological polar surface area (TPSA) is 18.5 Å². The first-order chi connectivity index (χ1) is 7.81. The van der Waals surface area contributed by atoms with E-state index in [-0.39, 0.29) is 0 Å². The molecule has 0 spiro atoms. The van der Waals surface area contributed by atoms with Crippen LogP contribution in [0.5, 0.6) is 0 Å². The molecule has 0 bridgehead atoms. The third kappa shape index (κ3) is 2.96. The predicted molar refractivity (Wildman–Crippen MR) is 68.8 cm³/mol. The molecule has 0 amide bonds. The van der Waals surface area contributed by atoms with Crippen molar-refractivity contribution in [1.82, 2.24) is 15.1 Å². The maximum absolute atomic E-state index is 3.50. The summed E-state index contributed by atoms with van der Waals surface area (Å²) in [4.78, 5) is 5.25. The Morgan fingerprint density at radius 3 is 2.75 bits per heavy atom. The fourth-order valence-electron chi connectivity index (χ4n) is 3.29. The van der Waals surface area contributed by atoms with Gasteiger partial charge in [0.1, 0.15) is 0 Å². The molecule has 1 N–H and O–H groups in total. The van der Waals surface area contributed by atoms with Gasteiger partial charge in [0.15, 0.2) is 0 Å². The molecule has 0 aromatic rings. The number of likely N-dealkylation sites (tertiary alicyclic amines) is 1. The molecular weight excluding hydrogens is 198 g/mol. The van der Waals surface area contributed by atoms with Gasteiger partial charge in [-0.05, 0) is 58.9 Å². The van der Waals surface area contributed by atoms with E-state index in [9.17, 15) is 0 Å². The molecule has 0 aromatic heterocycles. The summed E-state index contributed by atoms with van der Waals surface area (Å²) < 4.78 is 0. The number of nitrogens with one attached hydrogen (secondary N) is 1. The number of nitrogens with zero attached hydrogens (tertiary/aromatic N) is 2. The lowest BCUT2D eigenvalue weighted by Crippen LogP contribution is -2.44. The van der Waals surface area contributed by atoms with Crippen molar-refractivity contribution in [2.45, 2.75) is 44.7 Å². The second-order valence-electron chi connectivity index (χ2n) is 5.37. The molecule has 2 fully saturated rings. The van der Waals surface area contributed by atoms with Crippen LogP contribution < -0.4 is 5.32 Å². The summed E-state index contributed by atoms with van der Waals surface area (Å²) in [5.74, 6) is 0. The van der Waals surface area contributed by atoms with Crippen LogP contribution in [0, 0.1) is 0 Å². The number of likely N-dealkylation sites (N-methyl/N-ethyl adjacent to an activating group) is 1. The highest BCUT2D eigenvalue weighted by Gasteiger charge is 2.28. The van der Waals surface area contributed by atoms with Gasteiger partial charge in [-0.3, -0.25) is 4.90 Å². The minimum Gasteiger partial charge on any atom is -0.315 e. The molecule has 2 atom stereocenters. The van der Waals surface area contributed by atoms with E-state index < -0.39 is 0 Å². The van der Waals surface area contributed by atoms with Crippen LogP contribution in [0.3, 0.4) is 0 Å². The van der Waals surface area contributed by atoms with Crippen LogP contribution in [-0.4, -0.2) is 61.7 Å². The highest BCUT2D eigenvalue weighted by atomic mass is 15.2. The monoisotopic (exact) mass is 225 g/mol. The van der Waals surface area contributed by atoms with Crippen molar-refractivity contribution in [3.05, 3.63) is 0 Å². The molecule has 3 heteroatoms. The van der Waals surface area contributed by atoms with Crippen molar-refractivity contribution in [3.63, 3.8) is 0 Å². The third-order valence-electron chi connectivity index (χ3n) is 4.26. The predicted octanol–water partition coefficient (Wildman–Crippen LogP) is 1.15. The molecular formula is C13H27N3. The summed E-state index contributed by atoms with van der Waals surface area (Å²) in [6.45, 7) is 8.54. The SMILES string of the molecule is CCN(C1CCCN(C)CC1)C1CCNC1. The van der Waals surface area contributed by atoms with Crippen LogP contribution in [-0.2, 0) is 0 Å². The fraction of sp³-hybridized carbons (Fsp3) is 1.00. The van der Waals surface area contributed by atoms with Gasteiger partial charge in [0.05, 0.1) is 0 Å². The van der Waals surface area contributed by atoms with Gasteiger partial charge in [0.2, 0.25) is 0 Å². The van der Waals surface area contributed by atoms with E-state index in [4.69, 9.17) is 0 Å². The molecule has 2 aliphatic rings. The number of hydrogen-bond acceptors (Lipinski definition) is 3. The van der Waals surface area contributed by atoms with Gasteiger partial charge in [-0.15, -0.1) is 0 Å². The first kappa shape index (κ1) is 12.3. The van der Waals surface area contributed by atoms with Crippen molar-refractivity contribution >= 4 is 0 Å². The smallest absolute Gasteiger partial charge is 0.0235 e. The van der Waals surface area contributed by atoms with Crippen molar-refractivity contribution in [2.24, 2.45) is 0 Å². The summed E-state index contributed by atoms with van der Waals surface area (Å²) in [6.07, 6.45) is 5.48. The summed E-state index contributed by atoms with van der Waals surface area (Å²) in [5, 5.41) is 3.50. The Morgan fingerprint density at radius 1 is 1.19 bits per heavy atom. The summed E-state index contributed by atoms with van der Waals surface area (Å²) in [7, 11) is 2.26. The zero-order valence-corrected chi connectivity index (χ0v) is 10.9. The van der Waals surface area contributed by atoms with Crippen molar-refractivity contribution in [1.29, 1.82) is 0 Å². The van der Waals surface area contributed by atoms with Crippen LogP contribution in [0.4, 0.5) is 0 Å². The summed E-state index contributed by atoms with van der Waals surface area (Å²) in [5.41, 5.74) is 0. The van der Waals surface area contributed by atoms with Gasteiger partial charge in [-0.1, -0.05) is 6.92 Å². The van der Waals surface area contributed by atoms with Crippen LogP contribution in [0.1, 0.15) is 32.6 Å². The molecule has 0 saturated carbocycles. The molecule has 2 heterocycles. The average molecular weight is 225 g/mol. The second-order valence-corrected chi connectivity index (χ2v) is 5.37. The second kappa shape index (κ2) is 5.99. The van der Waals surface area contributed by atoms with Crippen LogP contribution in [0.2, 0.25) is 0 Å². The molecule has 2 rings (SSSR count). The fourth-order valence-corrected chi connectivity index (χ4v) is 3.29. The molecule has 0 radical (unpaired) electrons. The van der Waals surface area contributed by atoms with Gasteiger partial charge in [0, 0.05) is 18.6 Å². The summed E-state index contributed by atoms with van der Waals surface area (Å²) >= 11 is 0. The molecule has 2 saturated heterocycles. The first-order valence-corrected chi connectivity index (χ1v) is 6.96. The van der Waals surface area contributed by atoms with E-state index in [0.717, 1.165) is 12.1 Å². The lowest BCUT2D eigenvalue weighted by molar-refractivity contribution is 0.137. The maximum Gasteiger partial charge on any atom is 0.0235 e. The minimum atomic E-state index is 0.804. The van der Waals surface area contributed by atoms with Gasteiger partial charge >= 0.3 is 0 Å². The minimum absolute atomic E-state index is 0.804. The van der Waals surface area contributed by atoms with Crippen LogP contribution >= 0.6 is 0 Å². The van der Waals surface area contributed by atoms with Crippen molar-refractivity contribution in [2.75, 3.05) is 39.8 Å². The molecule has 0 aromatic carbocycles. The lowest BCUT2D eigenvalue weighted by Gasteiger charge is -2.34. The molecule has 2 unspecified atom stereocenters. The van der Waals surface area contributed by atoms with E-state index >= 15 is 0 Å². The van der Waals surface area contributed by atoms with Gasteiger partial charge < -0.3 is 10.2 Å². The van der Waals surface area contributed by atoms with Gasteiger partial charge in [-0.2, -0.15) is 0 Å². The van der Waals surface area contributed by atoms with Gasteiger partial charge in [-0.25, -0.2) is 0 Å². The number of rotatable bonds is 3. The average Bonchev–Trinajstić information content (AvgIpc) is 2.71. The quantitative estimate of drug-likeness (QED) is 0.777.